The summed E-state index contributed by atoms with van der Waals surface area (Å²) in [6, 6.07) is 0.285. The Balaban J connectivity index is 1.92. The van der Waals surface area contributed by atoms with E-state index in [1.807, 2.05) is 4.90 Å². The number of rotatable bonds is 0. The van der Waals surface area contributed by atoms with Gasteiger partial charge >= 0.3 is 0 Å². The Morgan fingerprint density at radius 1 is 1.29 bits per heavy atom. The van der Waals surface area contributed by atoms with E-state index in [4.69, 9.17) is 0 Å². The van der Waals surface area contributed by atoms with Crippen LogP contribution in [0.3, 0.4) is 0 Å². The van der Waals surface area contributed by atoms with Crippen LogP contribution in [0, 0.1) is 17.8 Å². The summed E-state index contributed by atoms with van der Waals surface area (Å²) < 4.78 is 0. The molecule has 0 aromatic carbocycles. The van der Waals surface area contributed by atoms with Crippen molar-refractivity contribution in [3.05, 3.63) is 0 Å². The molecule has 0 aromatic heterocycles. The number of amides is 1. The number of Topliss-reactive ketones (excluding diaryl/α,β-unsaturated/α-hetero) is 1. The SMILES string of the molecule is C[C@@H]1[C@H]2CCC(=O)N3CCC(=O)[C@@H]1[C@@H]23. The van der Waals surface area contributed by atoms with Crippen LogP contribution in [0.5, 0.6) is 0 Å². The summed E-state index contributed by atoms with van der Waals surface area (Å²) in [5, 5.41) is 0. The fourth-order valence-corrected chi connectivity index (χ4v) is 3.62. The largest absolute Gasteiger partial charge is 0.338 e. The molecular weight excluding hydrogens is 178 g/mol. The Labute approximate surface area is 83.5 Å². The third-order valence-corrected chi connectivity index (χ3v) is 4.39. The van der Waals surface area contributed by atoms with Crippen molar-refractivity contribution in [1.82, 2.24) is 4.90 Å². The Kier molecular flexibility index (Phi) is 1.56. The van der Waals surface area contributed by atoms with Gasteiger partial charge in [0, 0.05) is 31.3 Å². The van der Waals surface area contributed by atoms with Crippen molar-refractivity contribution in [3.8, 4) is 0 Å². The van der Waals surface area contributed by atoms with Crippen molar-refractivity contribution < 1.29 is 9.59 Å². The molecule has 0 bridgehead atoms. The van der Waals surface area contributed by atoms with Crippen LogP contribution in [0.2, 0.25) is 0 Å². The number of hydrogen-bond donors (Lipinski definition) is 0. The van der Waals surface area contributed by atoms with Crippen molar-refractivity contribution in [2.24, 2.45) is 17.8 Å². The van der Waals surface area contributed by atoms with Crippen LogP contribution in [0.1, 0.15) is 26.2 Å². The second kappa shape index (κ2) is 2.59. The lowest BCUT2D eigenvalue weighted by molar-refractivity contribution is -0.170. The first-order valence-electron chi connectivity index (χ1n) is 5.52. The molecule has 0 spiro atoms. The van der Waals surface area contributed by atoms with Gasteiger partial charge in [0.2, 0.25) is 5.91 Å². The zero-order chi connectivity index (χ0) is 9.87. The van der Waals surface area contributed by atoms with Gasteiger partial charge in [0.05, 0.1) is 0 Å². The minimum absolute atomic E-state index is 0.179. The first kappa shape index (κ1) is 8.45. The van der Waals surface area contributed by atoms with Crippen molar-refractivity contribution in [3.63, 3.8) is 0 Å². The van der Waals surface area contributed by atoms with Gasteiger partial charge in [-0.05, 0) is 18.3 Å². The number of carbonyl (C=O) groups excluding carboxylic acids is 2. The summed E-state index contributed by atoms with van der Waals surface area (Å²) in [6.07, 6.45) is 2.29. The fourth-order valence-electron chi connectivity index (χ4n) is 3.62. The normalized spacial score (nSPS) is 45.9. The van der Waals surface area contributed by atoms with Crippen LogP contribution in [-0.2, 0) is 9.59 Å². The Morgan fingerprint density at radius 2 is 2.07 bits per heavy atom. The average molecular weight is 193 g/mol. The topological polar surface area (TPSA) is 37.4 Å². The van der Waals surface area contributed by atoms with E-state index in [0.29, 0.717) is 37.0 Å². The molecule has 3 heteroatoms. The monoisotopic (exact) mass is 193 g/mol. The highest BCUT2D eigenvalue weighted by molar-refractivity contribution is 5.88. The Hall–Kier alpha value is -0.860. The molecule has 0 aromatic rings. The predicted octanol–water partition coefficient (Wildman–Crippen LogP) is 0.832. The lowest BCUT2D eigenvalue weighted by atomic mass is 9.55. The highest BCUT2D eigenvalue weighted by Gasteiger charge is 2.58. The maximum Gasteiger partial charge on any atom is 0.222 e. The van der Waals surface area contributed by atoms with Gasteiger partial charge in [-0.25, -0.2) is 0 Å². The third kappa shape index (κ3) is 0.830. The molecular formula is C11H15NO2. The Bertz CT molecular complexity index is 302. The van der Waals surface area contributed by atoms with E-state index >= 15 is 0 Å². The molecule has 1 saturated carbocycles. The zero-order valence-electron chi connectivity index (χ0n) is 8.40. The van der Waals surface area contributed by atoms with E-state index in [9.17, 15) is 9.59 Å². The first-order chi connectivity index (χ1) is 6.70. The lowest BCUT2D eigenvalue weighted by Crippen LogP contribution is -2.68. The van der Waals surface area contributed by atoms with E-state index in [-0.39, 0.29) is 17.9 Å². The summed E-state index contributed by atoms with van der Waals surface area (Å²) in [5.74, 6) is 1.98. The molecule has 0 N–H and O–H groups in total. The van der Waals surface area contributed by atoms with Crippen molar-refractivity contribution >= 4 is 11.7 Å². The van der Waals surface area contributed by atoms with Crippen molar-refractivity contribution in [2.75, 3.05) is 6.54 Å². The molecule has 0 unspecified atom stereocenters. The molecule has 1 amide bonds. The van der Waals surface area contributed by atoms with Crippen LogP contribution in [0.25, 0.3) is 0 Å². The van der Waals surface area contributed by atoms with Gasteiger partial charge in [0.25, 0.3) is 0 Å². The first-order valence-corrected chi connectivity index (χ1v) is 5.52. The maximum absolute atomic E-state index is 11.7. The molecule has 3 rings (SSSR count). The quantitative estimate of drug-likeness (QED) is 0.571. The van der Waals surface area contributed by atoms with Crippen LogP contribution >= 0.6 is 0 Å². The summed E-state index contributed by atoms with van der Waals surface area (Å²) in [7, 11) is 0. The molecule has 3 fully saturated rings. The van der Waals surface area contributed by atoms with Crippen LogP contribution in [0.15, 0.2) is 0 Å². The highest BCUT2D eigenvalue weighted by Crippen LogP contribution is 2.51. The molecule has 76 valence electrons. The number of carbonyl (C=O) groups is 2. The van der Waals surface area contributed by atoms with Crippen molar-refractivity contribution in [1.29, 1.82) is 0 Å². The average Bonchev–Trinajstić information content (AvgIpc) is 2.16. The molecule has 2 aliphatic heterocycles. The van der Waals surface area contributed by atoms with E-state index in [0.717, 1.165) is 6.42 Å². The van der Waals surface area contributed by atoms with E-state index in [2.05, 4.69) is 6.92 Å². The number of ketones is 1. The second-order valence-corrected chi connectivity index (χ2v) is 4.88. The minimum Gasteiger partial charge on any atom is -0.338 e. The molecule has 1 aliphatic carbocycles. The third-order valence-electron chi connectivity index (χ3n) is 4.39. The molecule has 3 nitrogen and oxygen atoms in total. The fraction of sp³-hybridized carbons (Fsp3) is 0.818. The van der Waals surface area contributed by atoms with E-state index in [1.165, 1.54) is 0 Å². The number of hydrogen-bond acceptors (Lipinski definition) is 2. The van der Waals surface area contributed by atoms with Crippen LogP contribution in [0.4, 0.5) is 0 Å². The zero-order valence-corrected chi connectivity index (χ0v) is 8.40. The van der Waals surface area contributed by atoms with Crippen molar-refractivity contribution in [2.45, 2.75) is 32.2 Å². The van der Waals surface area contributed by atoms with Gasteiger partial charge in [-0.1, -0.05) is 6.92 Å². The standard InChI is InChI=1S/C11H15NO2/c1-6-7-2-3-9(14)12-5-4-8(13)10(6)11(7)12/h6-7,10-11H,2-5H2,1H3/t6-,7-,10-,11-/m1/s1. The van der Waals surface area contributed by atoms with Crippen LogP contribution in [-0.4, -0.2) is 29.2 Å². The highest BCUT2D eigenvalue weighted by atomic mass is 16.2. The Morgan fingerprint density at radius 3 is 2.86 bits per heavy atom. The summed E-state index contributed by atoms with van der Waals surface area (Å²) in [5.41, 5.74) is 0. The second-order valence-electron chi connectivity index (χ2n) is 4.88. The lowest BCUT2D eigenvalue weighted by Gasteiger charge is -2.59. The molecule has 4 atom stereocenters. The smallest absolute Gasteiger partial charge is 0.222 e. The molecule has 2 saturated heterocycles. The van der Waals surface area contributed by atoms with E-state index < -0.39 is 0 Å². The molecule has 0 radical (unpaired) electrons. The predicted molar refractivity (Wildman–Crippen MR) is 50.5 cm³/mol. The molecule has 14 heavy (non-hydrogen) atoms. The molecule has 2 heterocycles. The van der Waals surface area contributed by atoms with Gasteiger partial charge in [-0.3, -0.25) is 9.59 Å². The van der Waals surface area contributed by atoms with Gasteiger partial charge in [-0.15, -0.1) is 0 Å². The van der Waals surface area contributed by atoms with Gasteiger partial charge in [-0.2, -0.15) is 0 Å². The van der Waals surface area contributed by atoms with Crippen LogP contribution < -0.4 is 0 Å². The van der Waals surface area contributed by atoms with Gasteiger partial charge < -0.3 is 4.90 Å². The maximum atomic E-state index is 11.7. The molecule has 3 aliphatic rings. The minimum atomic E-state index is 0.179. The summed E-state index contributed by atoms with van der Waals surface area (Å²) >= 11 is 0. The number of nitrogens with zero attached hydrogens (tertiary/aromatic N) is 1. The summed E-state index contributed by atoms with van der Waals surface area (Å²) in [4.78, 5) is 25.3. The summed E-state index contributed by atoms with van der Waals surface area (Å²) in [6.45, 7) is 2.85. The van der Waals surface area contributed by atoms with Gasteiger partial charge in [0.1, 0.15) is 5.78 Å². The van der Waals surface area contributed by atoms with Gasteiger partial charge in [0.15, 0.2) is 0 Å². The number of piperidine rings is 2. The van der Waals surface area contributed by atoms with E-state index in [1.54, 1.807) is 0 Å².